The van der Waals surface area contributed by atoms with E-state index in [1.54, 1.807) is 36.4 Å². The minimum Gasteiger partial charge on any atom is -0.491 e. The van der Waals surface area contributed by atoms with E-state index in [1.165, 1.54) is 0 Å². The molecule has 2 N–H and O–H groups in total. The third-order valence-electron chi connectivity index (χ3n) is 5.11. The quantitative estimate of drug-likeness (QED) is 0.642. The Labute approximate surface area is 173 Å². The Morgan fingerprint density at radius 3 is 2.57 bits per heavy atom. The molecule has 2 aromatic rings. The molecule has 1 saturated heterocycles. The fourth-order valence-electron chi connectivity index (χ4n) is 3.56. The summed E-state index contributed by atoms with van der Waals surface area (Å²) in [4.78, 5) is 11.7. The Balaban J connectivity index is 1.28. The molecule has 2 atom stereocenters. The van der Waals surface area contributed by atoms with Crippen molar-refractivity contribution in [1.82, 2.24) is 0 Å². The van der Waals surface area contributed by atoms with E-state index in [1.807, 2.05) is 6.07 Å². The second-order valence-electron chi connectivity index (χ2n) is 7.37. The summed E-state index contributed by atoms with van der Waals surface area (Å²) in [5.74, 6) is 1.45. The summed E-state index contributed by atoms with van der Waals surface area (Å²) < 4.78 is 27.3. The molecule has 0 bridgehead atoms. The number of fused-ring (bicyclic) bond motifs is 1. The van der Waals surface area contributed by atoms with Crippen molar-refractivity contribution in [3.05, 3.63) is 48.0 Å². The van der Waals surface area contributed by atoms with Gasteiger partial charge in [0.2, 0.25) is 6.79 Å². The van der Waals surface area contributed by atoms with Crippen LogP contribution in [-0.4, -0.2) is 54.5 Å². The summed E-state index contributed by atoms with van der Waals surface area (Å²) in [6.07, 6.45) is 0.652. The van der Waals surface area contributed by atoms with Crippen LogP contribution in [0.5, 0.6) is 23.0 Å². The molecule has 2 aliphatic heterocycles. The van der Waals surface area contributed by atoms with Crippen LogP contribution in [0.2, 0.25) is 0 Å². The average molecular weight is 416 g/mol. The molecule has 0 saturated carbocycles. The number of hydrogen-bond donors (Lipinski definition) is 2. The number of aliphatic hydroxyl groups excluding tert-OH is 1. The number of hydrogen-bond acceptors (Lipinski definition) is 7. The molecule has 2 aromatic carbocycles. The third-order valence-corrected chi connectivity index (χ3v) is 5.11. The van der Waals surface area contributed by atoms with E-state index in [0.717, 1.165) is 12.0 Å². The zero-order chi connectivity index (χ0) is 21.0. The highest BCUT2D eigenvalue weighted by atomic mass is 16.7. The van der Waals surface area contributed by atoms with Gasteiger partial charge in [-0.1, -0.05) is 12.1 Å². The van der Waals surface area contributed by atoms with Gasteiger partial charge < -0.3 is 33.9 Å². The smallest absolute Gasteiger partial charge is 0.336 e. The van der Waals surface area contributed by atoms with E-state index in [0.29, 0.717) is 36.0 Å². The van der Waals surface area contributed by atoms with Gasteiger partial charge in [-0.25, -0.2) is 4.79 Å². The van der Waals surface area contributed by atoms with Gasteiger partial charge in [0.1, 0.15) is 30.8 Å². The first-order valence-corrected chi connectivity index (χ1v) is 9.84. The maximum atomic E-state index is 11.7. The molecule has 160 valence electrons. The molecule has 0 radical (unpaired) electrons. The summed E-state index contributed by atoms with van der Waals surface area (Å²) in [5.41, 5.74) is -0.362. The van der Waals surface area contributed by atoms with Crippen molar-refractivity contribution in [2.75, 3.05) is 26.6 Å². The fourth-order valence-corrected chi connectivity index (χ4v) is 3.56. The average Bonchev–Trinajstić information content (AvgIpc) is 3.41. The van der Waals surface area contributed by atoms with E-state index < -0.39 is 17.7 Å². The largest absolute Gasteiger partial charge is 0.491 e. The minimum absolute atomic E-state index is 0.0363. The van der Waals surface area contributed by atoms with Crippen LogP contribution in [0.1, 0.15) is 18.4 Å². The molecule has 1 unspecified atom stereocenters. The van der Waals surface area contributed by atoms with Gasteiger partial charge in [0.05, 0.1) is 0 Å². The monoisotopic (exact) mass is 416 g/mol. The maximum absolute atomic E-state index is 11.7. The van der Waals surface area contributed by atoms with Crippen LogP contribution >= 0.6 is 0 Å². The Morgan fingerprint density at radius 2 is 1.83 bits per heavy atom. The van der Waals surface area contributed by atoms with Crippen LogP contribution in [0.15, 0.2) is 42.5 Å². The number of carbonyl (C=O) groups is 1. The van der Waals surface area contributed by atoms with Gasteiger partial charge in [-0.3, -0.25) is 0 Å². The minimum atomic E-state index is -1.17. The van der Waals surface area contributed by atoms with Crippen molar-refractivity contribution in [2.45, 2.75) is 31.0 Å². The van der Waals surface area contributed by atoms with Crippen molar-refractivity contribution >= 4 is 5.97 Å². The summed E-state index contributed by atoms with van der Waals surface area (Å²) in [5, 5.41) is 19.7. The van der Waals surface area contributed by atoms with Crippen LogP contribution in [0.25, 0.3) is 0 Å². The number of carboxylic acids is 1. The first kappa shape index (κ1) is 20.3. The van der Waals surface area contributed by atoms with Gasteiger partial charge in [-0.15, -0.1) is 0 Å². The van der Waals surface area contributed by atoms with Crippen LogP contribution < -0.4 is 18.9 Å². The van der Waals surface area contributed by atoms with E-state index in [4.69, 9.17) is 23.7 Å². The molecule has 0 aliphatic carbocycles. The van der Waals surface area contributed by atoms with Crippen LogP contribution in [-0.2, 0) is 16.0 Å². The predicted octanol–water partition coefficient (Wildman–Crippen LogP) is 2.41. The number of benzene rings is 2. The zero-order valence-electron chi connectivity index (χ0n) is 16.4. The van der Waals surface area contributed by atoms with Crippen molar-refractivity contribution in [3.8, 4) is 23.0 Å². The zero-order valence-corrected chi connectivity index (χ0v) is 16.4. The van der Waals surface area contributed by atoms with Gasteiger partial charge in [0, 0.05) is 19.1 Å². The third kappa shape index (κ3) is 4.60. The van der Waals surface area contributed by atoms with Crippen molar-refractivity contribution in [3.63, 3.8) is 0 Å². The second kappa shape index (κ2) is 8.81. The summed E-state index contributed by atoms with van der Waals surface area (Å²) >= 11 is 0. The molecule has 8 nitrogen and oxygen atoms in total. The van der Waals surface area contributed by atoms with E-state index >= 15 is 0 Å². The number of aliphatic carboxylic acids is 1. The lowest BCUT2D eigenvalue weighted by molar-refractivity contribution is -0.159. The van der Waals surface area contributed by atoms with Crippen molar-refractivity contribution in [2.24, 2.45) is 0 Å². The van der Waals surface area contributed by atoms with Gasteiger partial charge in [-0.2, -0.15) is 0 Å². The molecule has 0 spiro atoms. The molecule has 2 aliphatic rings. The Hall–Kier alpha value is -2.97. The predicted molar refractivity (Wildman–Crippen MR) is 105 cm³/mol. The first-order chi connectivity index (χ1) is 14.5. The van der Waals surface area contributed by atoms with E-state index in [-0.39, 0.29) is 26.4 Å². The fraction of sp³-hybridized carbons (Fsp3) is 0.409. The Morgan fingerprint density at radius 1 is 1.07 bits per heavy atom. The van der Waals surface area contributed by atoms with Crippen molar-refractivity contribution in [1.29, 1.82) is 0 Å². The normalized spacial score (nSPS) is 20.7. The molecule has 0 aromatic heterocycles. The lowest BCUT2D eigenvalue weighted by Gasteiger charge is -2.23. The van der Waals surface area contributed by atoms with E-state index in [9.17, 15) is 15.0 Å². The summed E-state index contributed by atoms with van der Waals surface area (Å²) in [7, 11) is 0. The summed E-state index contributed by atoms with van der Waals surface area (Å²) in [6, 6.07) is 12.4. The molecule has 30 heavy (non-hydrogen) atoms. The maximum Gasteiger partial charge on any atom is 0.336 e. The number of carboxylic acid groups (broad SMARTS) is 1. The Bertz CT molecular complexity index is 890. The highest BCUT2D eigenvalue weighted by molar-refractivity contribution is 5.78. The topological polar surface area (TPSA) is 104 Å². The van der Waals surface area contributed by atoms with Gasteiger partial charge in [0.25, 0.3) is 0 Å². The highest BCUT2D eigenvalue weighted by Crippen LogP contribution is 2.35. The number of rotatable bonds is 9. The number of aliphatic hydroxyl groups is 1. The van der Waals surface area contributed by atoms with Crippen LogP contribution in [0.3, 0.4) is 0 Å². The van der Waals surface area contributed by atoms with Crippen molar-refractivity contribution < 1.29 is 38.7 Å². The Kier molecular flexibility index (Phi) is 5.96. The van der Waals surface area contributed by atoms with Gasteiger partial charge in [-0.05, 0) is 42.7 Å². The molecule has 0 amide bonds. The standard InChI is InChI=1S/C22H24O8/c23-16(13-27-18-5-6-19-20(10-18)29-14-28-19)12-26-17-4-1-3-15(9-17)11-22(21(24)25)7-2-8-30-22/h1,3-6,9-10,16,23H,2,7-8,11-14H2,(H,24,25)/t16-,22?/m1/s1. The number of ether oxygens (including phenoxy) is 5. The first-order valence-electron chi connectivity index (χ1n) is 9.84. The molecule has 2 heterocycles. The molecule has 1 fully saturated rings. The molecule has 8 heteroatoms. The molecular weight excluding hydrogens is 392 g/mol. The van der Waals surface area contributed by atoms with Crippen LogP contribution in [0, 0.1) is 0 Å². The lowest BCUT2D eigenvalue weighted by atomic mass is 9.91. The second-order valence-corrected chi connectivity index (χ2v) is 7.37. The SMILES string of the molecule is O=C(O)C1(Cc2cccc(OC[C@@H](O)COc3ccc4c(c3)OCO4)c2)CCCO1. The van der Waals surface area contributed by atoms with Gasteiger partial charge in [0.15, 0.2) is 17.1 Å². The highest BCUT2D eigenvalue weighted by Gasteiger charge is 2.42. The van der Waals surface area contributed by atoms with Gasteiger partial charge >= 0.3 is 5.97 Å². The van der Waals surface area contributed by atoms with E-state index in [2.05, 4.69) is 0 Å². The summed E-state index contributed by atoms with van der Waals surface area (Å²) in [6.45, 7) is 0.732. The molecular formula is C22H24O8. The molecule has 4 rings (SSSR count). The van der Waals surface area contributed by atoms with Crippen LogP contribution in [0.4, 0.5) is 0 Å². The lowest BCUT2D eigenvalue weighted by Crippen LogP contribution is -2.40.